The first-order valence-electron chi connectivity index (χ1n) is 5.42. The predicted molar refractivity (Wildman–Crippen MR) is 65.5 cm³/mol. The number of aldehydes is 1. The molecule has 0 radical (unpaired) electrons. The third kappa shape index (κ3) is 5.30. The second-order valence-electron chi connectivity index (χ2n) is 3.73. The SMILES string of the molecule is CCCC(CC=O)C(=O)[C@H](CS)NC(C)=O. The van der Waals surface area contributed by atoms with E-state index in [0.29, 0.717) is 6.42 Å². The summed E-state index contributed by atoms with van der Waals surface area (Å²) in [7, 11) is 0. The Hall–Kier alpha value is -0.840. The van der Waals surface area contributed by atoms with E-state index in [0.717, 1.165) is 12.7 Å². The highest BCUT2D eigenvalue weighted by Gasteiger charge is 2.25. The lowest BCUT2D eigenvalue weighted by molar-refractivity contribution is -0.129. The van der Waals surface area contributed by atoms with Gasteiger partial charge in [0.25, 0.3) is 0 Å². The van der Waals surface area contributed by atoms with Crippen molar-refractivity contribution in [1.29, 1.82) is 0 Å². The average molecular weight is 245 g/mol. The first kappa shape index (κ1) is 15.2. The maximum absolute atomic E-state index is 12.0. The lowest BCUT2D eigenvalue weighted by Gasteiger charge is -2.19. The second-order valence-corrected chi connectivity index (χ2v) is 4.09. The molecule has 0 aromatic carbocycles. The van der Waals surface area contributed by atoms with Crippen molar-refractivity contribution in [3.05, 3.63) is 0 Å². The minimum Gasteiger partial charge on any atom is -0.346 e. The second kappa shape index (κ2) is 8.33. The van der Waals surface area contributed by atoms with E-state index in [1.807, 2.05) is 6.92 Å². The molecule has 4 nitrogen and oxygen atoms in total. The van der Waals surface area contributed by atoms with Crippen molar-refractivity contribution in [3.8, 4) is 0 Å². The number of amides is 1. The molecule has 1 N–H and O–H groups in total. The molecule has 0 spiro atoms. The maximum Gasteiger partial charge on any atom is 0.217 e. The molecular formula is C11H19NO3S. The smallest absolute Gasteiger partial charge is 0.217 e. The highest BCUT2D eigenvalue weighted by atomic mass is 32.1. The van der Waals surface area contributed by atoms with Gasteiger partial charge in [-0.25, -0.2) is 0 Å². The van der Waals surface area contributed by atoms with E-state index >= 15 is 0 Å². The Balaban J connectivity index is 4.52. The van der Waals surface area contributed by atoms with Crippen LogP contribution in [0.5, 0.6) is 0 Å². The van der Waals surface area contributed by atoms with Crippen molar-refractivity contribution >= 4 is 30.6 Å². The van der Waals surface area contributed by atoms with Gasteiger partial charge < -0.3 is 10.1 Å². The average Bonchev–Trinajstić information content (AvgIpc) is 2.24. The molecule has 0 bridgehead atoms. The Morgan fingerprint density at radius 3 is 2.44 bits per heavy atom. The van der Waals surface area contributed by atoms with Gasteiger partial charge in [-0.05, 0) is 6.42 Å². The number of carbonyl (C=O) groups is 3. The zero-order valence-electron chi connectivity index (χ0n) is 9.73. The highest BCUT2D eigenvalue weighted by molar-refractivity contribution is 7.80. The predicted octanol–water partition coefficient (Wildman–Crippen LogP) is 0.995. The van der Waals surface area contributed by atoms with E-state index in [9.17, 15) is 14.4 Å². The summed E-state index contributed by atoms with van der Waals surface area (Å²) in [5, 5.41) is 2.55. The van der Waals surface area contributed by atoms with Crippen molar-refractivity contribution < 1.29 is 14.4 Å². The van der Waals surface area contributed by atoms with Gasteiger partial charge in [0.15, 0.2) is 5.78 Å². The molecule has 16 heavy (non-hydrogen) atoms. The largest absolute Gasteiger partial charge is 0.346 e. The van der Waals surface area contributed by atoms with Gasteiger partial charge in [-0.15, -0.1) is 0 Å². The molecule has 0 aliphatic carbocycles. The van der Waals surface area contributed by atoms with Gasteiger partial charge in [-0.1, -0.05) is 13.3 Å². The molecular weight excluding hydrogens is 226 g/mol. The van der Waals surface area contributed by atoms with Crippen molar-refractivity contribution in [2.75, 3.05) is 5.75 Å². The molecule has 0 fully saturated rings. The van der Waals surface area contributed by atoms with E-state index < -0.39 is 6.04 Å². The lowest BCUT2D eigenvalue weighted by Crippen LogP contribution is -2.44. The summed E-state index contributed by atoms with van der Waals surface area (Å²) in [5.41, 5.74) is 0. The van der Waals surface area contributed by atoms with E-state index in [4.69, 9.17) is 0 Å². The third-order valence-electron chi connectivity index (χ3n) is 2.32. The van der Waals surface area contributed by atoms with Gasteiger partial charge in [0.05, 0.1) is 6.04 Å². The normalized spacial score (nSPS) is 13.9. The first-order valence-corrected chi connectivity index (χ1v) is 6.05. The van der Waals surface area contributed by atoms with E-state index in [-0.39, 0.29) is 29.8 Å². The minimum atomic E-state index is -0.586. The summed E-state index contributed by atoms with van der Waals surface area (Å²) in [6.45, 7) is 3.32. The topological polar surface area (TPSA) is 63.2 Å². The summed E-state index contributed by atoms with van der Waals surface area (Å²) in [6.07, 6.45) is 2.48. The fourth-order valence-electron chi connectivity index (χ4n) is 1.58. The Morgan fingerprint density at radius 2 is 2.06 bits per heavy atom. The molecule has 0 saturated carbocycles. The summed E-state index contributed by atoms with van der Waals surface area (Å²) in [6, 6.07) is -0.586. The molecule has 92 valence electrons. The molecule has 0 aliphatic heterocycles. The molecule has 1 amide bonds. The molecule has 0 aromatic rings. The summed E-state index contributed by atoms with van der Waals surface area (Å²) >= 11 is 4.04. The fraction of sp³-hybridized carbons (Fsp3) is 0.727. The van der Waals surface area contributed by atoms with E-state index in [1.165, 1.54) is 6.92 Å². The van der Waals surface area contributed by atoms with Crippen LogP contribution >= 0.6 is 12.6 Å². The number of nitrogens with one attached hydrogen (secondary N) is 1. The summed E-state index contributed by atoms with van der Waals surface area (Å²) < 4.78 is 0. The quantitative estimate of drug-likeness (QED) is 0.495. The minimum absolute atomic E-state index is 0.0980. The zero-order valence-corrected chi connectivity index (χ0v) is 10.6. The number of thiol groups is 1. The van der Waals surface area contributed by atoms with Crippen LogP contribution in [0.3, 0.4) is 0 Å². The Bertz CT molecular complexity index is 252. The van der Waals surface area contributed by atoms with E-state index in [1.54, 1.807) is 0 Å². The van der Waals surface area contributed by atoms with Crippen LogP contribution in [0, 0.1) is 5.92 Å². The van der Waals surface area contributed by atoms with Crippen molar-refractivity contribution in [1.82, 2.24) is 5.32 Å². The highest BCUT2D eigenvalue weighted by Crippen LogP contribution is 2.14. The molecule has 2 atom stereocenters. The van der Waals surface area contributed by atoms with Crippen molar-refractivity contribution in [3.63, 3.8) is 0 Å². The number of rotatable bonds is 8. The van der Waals surface area contributed by atoms with Crippen molar-refractivity contribution in [2.24, 2.45) is 5.92 Å². The van der Waals surface area contributed by atoms with Crippen LogP contribution in [0.15, 0.2) is 0 Å². The fourth-order valence-corrected chi connectivity index (χ4v) is 1.85. The summed E-state index contributed by atoms with van der Waals surface area (Å²) in [4.78, 5) is 33.3. The molecule has 1 unspecified atom stereocenters. The first-order chi connectivity index (χ1) is 7.56. The third-order valence-corrected chi connectivity index (χ3v) is 2.69. The Labute approximate surface area is 102 Å². The Morgan fingerprint density at radius 1 is 1.44 bits per heavy atom. The van der Waals surface area contributed by atoms with Crippen molar-refractivity contribution in [2.45, 2.75) is 39.2 Å². The monoisotopic (exact) mass is 245 g/mol. The van der Waals surface area contributed by atoms with E-state index in [2.05, 4.69) is 17.9 Å². The molecule has 5 heteroatoms. The number of carbonyl (C=O) groups excluding carboxylic acids is 3. The molecule has 0 rings (SSSR count). The van der Waals surface area contributed by atoms with Crippen LogP contribution in [-0.2, 0) is 14.4 Å². The zero-order chi connectivity index (χ0) is 12.6. The van der Waals surface area contributed by atoms with Gasteiger partial charge in [-0.3, -0.25) is 9.59 Å². The number of ketones is 1. The molecule has 0 saturated heterocycles. The van der Waals surface area contributed by atoms with Gasteiger partial charge in [0.1, 0.15) is 6.29 Å². The van der Waals surface area contributed by atoms with Crippen LogP contribution in [-0.4, -0.2) is 29.8 Å². The summed E-state index contributed by atoms with van der Waals surface area (Å²) in [5.74, 6) is -0.392. The van der Waals surface area contributed by atoms with Crippen LogP contribution in [0.2, 0.25) is 0 Å². The van der Waals surface area contributed by atoms with Crippen LogP contribution < -0.4 is 5.32 Å². The van der Waals surface area contributed by atoms with Crippen LogP contribution in [0.1, 0.15) is 33.1 Å². The molecule has 0 aromatic heterocycles. The van der Waals surface area contributed by atoms with Gasteiger partial charge in [-0.2, -0.15) is 12.6 Å². The maximum atomic E-state index is 12.0. The van der Waals surface area contributed by atoms with Crippen LogP contribution in [0.4, 0.5) is 0 Å². The molecule has 0 heterocycles. The number of hydrogen-bond donors (Lipinski definition) is 2. The lowest BCUT2D eigenvalue weighted by atomic mass is 9.92. The standard InChI is InChI=1S/C11H19NO3S/c1-3-4-9(5-6-13)11(15)10(7-16)12-8(2)14/h6,9-10,16H,3-5,7H2,1-2H3,(H,12,14)/t9?,10-/m0/s1. The van der Waals surface area contributed by atoms with Gasteiger partial charge in [0.2, 0.25) is 5.91 Å². The van der Waals surface area contributed by atoms with Gasteiger partial charge >= 0.3 is 0 Å². The number of Topliss-reactive ketones (excluding diaryl/α,β-unsaturated/α-hetero) is 1. The Kier molecular flexibility index (Phi) is 7.89. The number of hydrogen-bond acceptors (Lipinski definition) is 4. The molecule has 0 aliphatic rings. The van der Waals surface area contributed by atoms with Crippen LogP contribution in [0.25, 0.3) is 0 Å². The van der Waals surface area contributed by atoms with Gasteiger partial charge in [0, 0.05) is 25.0 Å².